The van der Waals surface area contributed by atoms with Crippen LogP contribution in [-0.4, -0.2) is 20.9 Å². The number of hydrogen-bond acceptors (Lipinski definition) is 3. The van der Waals surface area contributed by atoms with Gasteiger partial charge in [0.05, 0.1) is 18.5 Å². The minimum Gasteiger partial charge on any atom is -0.481 e. The molecule has 1 aliphatic rings. The molecule has 22 heavy (non-hydrogen) atoms. The number of rotatable bonds is 4. The minimum absolute atomic E-state index is 0.0232. The number of aromatic nitrogens is 2. The molecule has 2 aromatic rings. The van der Waals surface area contributed by atoms with E-state index in [-0.39, 0.29) is 12.0 Å². The minimum atomic E-state index is -0.871. The van der Waals surface area contributed by atoms with Crippen molar-refractivity contribution in [3.8, 4) is 11.3 Å². The second kappa shape index (κ2) is 4.88. The van der Waals surface area contributed by atoms with Crippen LogP contribution in [0.4, 0.5) is 11.5 Å². The Hall–Kier alpha value is -2.81. The van der Waals surface area contributed by atoms with E-state index in [9.17, 15) is 4.79 Å². The lowest BCUT2D eigenvalue weighted by atomic mass is 10.1. The summed E-state index contributed by atoms with van der Waals surface area (Å²) in [4.78, 5) is 14.2. The second-order valence-corrected chi connectivity index (χ2v) is 5.87. The van der Waals surface area contributed by atoms with E-state index in [2.05, 4.69) is 16.9 Å². The highest BCUT2D eigenvalue weighted by atomic mass is 16.4. The third-order valence-corrected chi connectivity index (χ3v) is 4.07. The molecular formula is C16H16N4O2. The zero-order chi connectivity index (χ0) is 15.9. The molecule has 1 aromatic heterocycles. The molecule has 1 aromatic carbocycles. The van der Waals surface area contributed by atoms with Crippen LogP contribution in [0.15, 0.2) is 24.3 Å². The number of nitrogen functional groups attached to an aromatic ring is 1. The SMILES string of the molecule is [C-]#[N+]c1c(-c2ccc(CC(=O)O)cc2)nn(C2(C)CC2)c1N. The normalized spacial score (nSPS) is 15.3. The Balaban J connectivity index is 2.01. The molecule has 1 heterocycles. The summed E-state index contributed by atoms with van der Waals surface area (Å²) in [7, 11) is 0. The number of aliphatic carboxylic acids is 1. The number of benzene rings is 1. The Morgan fingerprint density at radius 3 is 2.59 bits per heavy atom. The Morgan fingerprint density at radius 1 is 1.45 bits per heavy atom. The molecule has 1 saturated carbocycles. The van der Waals surface area contributed by atoms with Crippen molar-refractivity contribution in [1.82, 2.24) is 9.78 Å². The molecular weight excluding hydrogens is 280 g/mol. The summed E-state index contributed by atoms with van der Waals surface area (Å²) in [5.41, 5.74) is 8.41. The zero-order valence-electron chi connectivity index (χ0n) is 12.2. The maximum atomic E-state index is 10.7. The van der Waals surface area contributed by atoms with Crippen LogP contribution in [0.25, 0.3) is 16.1 Å². The quantitative estimate of drug-likeness (QED) is 0.849. The predicted octanol–water partition coefficient (Wildman–Crippen LogP) is 2.82. The molecule has 6 nitrogen and oxygen atoms in total. The summed E-state index contributed by atoms with van der Waals surface area (Å²) in [5.74, 6) is -0.468. The van der Waals surface area contributed by atoms with Gasteiger partial charge in [0.2, 0.25) is 0 Å². The van der Waals surface area contributed by atoms with E-state index in [1.54, 1.807) is 28.9 Å². The molecule has 0 unspecified atom stereocenters. The Bertz CT molecular complexity index is 780. The van der Waals surface area contributed by atoms with E-state index >= 15 is 0 Å². The lowest BCUT2D eigenvalue weighted by Crippen LogP contribution is -2.16. The first-order valence-corrected chi connectivity index (χ1v) is 7.02. The highest BCUT2D eigenvalue weighted by Crippen LogP contribution is 2.47. The fourth-order valence-corrected chi connectivity index (χ4v) is 2.49. The lowest BCUT2D eigenvalue weighted by Gasteiger charge is -2.11. The molecule has 0 bridgehead atoms. The van der Waals surface area contributed by atoms with Gasteiger partial charge in [0, 0.05) is 0 Å². The highest BCUT2D eigenvalue weighted by molar-refractivity contribution is 5.83. The van der Waals surface area contributed by atoms with E-state index in [4.69, 9.17) is 17.4 Å². The Kier molecular flexibility index (Phi) is 3.14. The van der Waals surface area contributed by atoms with Crippen LogP contribution in [0, 0.1) is 6.57 Å². The first-order valence-electron chi connectivity index (χ1n) is 7.02. The van der Waals surface area contributed by atoms with Crippen molar-refractivity contribution >= 4 is 17.5 Å². The predicted molar refractivity (Wildman–Crippen MR) is 82.6 cm³/mol. The third kappa shape index (κ3) is 2.31. The first kappa shape index (κ1) is 14.1. The van der Waals surface area contributed by atoms with Crippen molar-refractivity contribution in [2.45, 2.75) is 31.7 Å². The fourth-order valence-electron chi connectivity index (χ4n) is 2.49. The van der Waals surface area contributed by atoms with Crippen LogP contribution in [0.5, 0.6) is 0 Å². The van der Waals surface area contributed by atoms with Crippen molar-refractivity contribution in [2.75, 3.05) is 5.73 Å². The van der Waals surface area contributed by atoms with Crippen LogP contribution in [0.1, 0.15) is 25.3 Å². The summed E-state index contributed by atoms with van der Waals surface area (Å²) < 4.78 is 1.75. The molecule has 0 radical (unpaired) electrons. The van der Waals surface area contributed by atoms with Gasteiger partial charge in [-0.05, 0) is 30.9 Å². The molecule has 6 heteroatoms. The summed E-state index contributed by atoms with van der Waals surface area (Å²) in [5, 5.41) is 13.3. The number of carboxylic acids is 1. The molecule has 112 valence electrons. The van der Waals surface area contributed by atoms with Gasteiger partial charge in [-0.25, -0.2) is 4.85 Å². The van der Waals surface area contributed by atoms with E-state index in [1.807, 2.05) is 0 Å². The second-order valence-electron chi connectivity index (χ2n) is 5.87. The summed E-state index contributed by atoms with van der Waals surface area (Å²) in [6, 6.07) is 7.05. The number of carboxylic acid groups (broad SMARTS) is 1. The maximum absolute atomic E-state index is 10.7. The van der Waals surface area contributed by atoms with Crippen LogP contribution in [0.3, 0.4) is 0 Å². The van der Waals surface area contributed by atoms with Crippen molar-refractivity contribution in [3.63, 3.8) is 0 Å². The van der Waals surface area contributed by atoms with E-state index < -0.39 is 5.97 Å². The van der Waals surface area contributed by atoms with Crippen LogP contribution in [-0.2, 0) is 16.8 Å². The largest absolute Gasteiger partial charge is 0.481 e. The summed E-state index contributed by atoms with van der Waals surface area (Å²) >= 11 is 0. The van der Waals surface area contributed by atoms with Crippen LogP contribution in [0.2, 0.25) is 0 Å². The van der Waals surface area contributed by atoms with Gasteiger partial charge in [0.15, 0.2) is 0 Å². The Labute approximate surface area is 128 Å². The third-order valence-electron chi connectivity index (χ3n) is 4.07. The summed E-state index contributed by atoms with van der Waals surface area (Å²) in [6.45, 7) is 9.43. The molecule has 0 spiro atoms. The number of anilines is 1. The van der Waals surface area contributed by atoms with E-state index in [0.717, 1.165) is 18.4 Å². The number of nitrogens with zero attached hydrogens (tertiary/aromatic N) is 3. The van der Waals surface area contributed by atoms with Gasteiger partial charge in [-0.2, -0.15) is 5.10 Å². The van der Waals surface area contributed by atoms with Gasteiger partial charge in [0.25, 0.3) is 5.69 Å². The van der Waals surface area contributed by atoms with Gasteiger partial charge in [-0.3, -0.25) is 9.48 Å². The van der Waals surface area contributed by atoms with Crippen molar-refractivity contribution in [1.29, 1.82) is 0 Å². The fraction of sp³-hybridized carbons (Fsp3) is 0.312. The first-order chi connectivity index (χ1) is 10.4. The van der Waals surface area contributed by atoms with Crippen molar-refractivity contribution in [2.24, 2.45) is 0 Å². The van der Waals surface area contributed by atoms with Crippen molar-refractivity contribution < 1.29 is 9.90 Å². The molecule has 3 rings (SSSR count). The summed E-state index contributed by atoms with van der Waals surface area (Å²) in [6.07, 6.45) is 1.99. The van der Waals surface area contributed by atoms with Gasteiger partial charge < -0.3 is 10.8 Å². The van der Waals surface area contributed by atoms with Crippen molar-refractivity contribution in [3.05, 3.63) is 41.2 Å². The van der Waals surface area contributed by atoms with E-state index in [1.165, 1.54) is 0 Å². The average molecular weight is 296 g/mol. The number of carbonyl (C=O) groups is 1. The molecule has 3 N–H and O–H groups in total. The van der Waals surface area contributed by atoms with Gasteiger partial charge in [-0.15, -0.1) is 0 Å². The topological polar surface area (TPSA) is 85.5 Å². The molecule has 0 atom stereocenters. The monoisotopic (exact) mass is 296 g/mol. The van der Waals surface area contributed by atoms with Gasteiger partial charge >= 0.3 is 5.97 Å². The average Bonchev–Trinajstić information content (AvgIpc) is 3.12. The highest BCUT2D eigenvalue weighted by Gasteiger charge is 2.42. The van der Waals surface area contributed by atoms with Gasteiger partial charge in [0.1, 0.15) is 11.5 Å². The standard InChI is InChI=1S/C16H16N4O2/c1-16(7-8-16)20-15(17)14(18-2)13(19-20)11-5-3-10(4-6-11)9-12(21)22/h3-6H,7-9,17H2,1H3,(H,21,22). The smallest absolute Gasteiger partial charge is 0.307 e. The van der Waals surface area contributed by atoms with Crippen LogP contribution < -0.4 is 5.73 Å². The number of nitrogens with two attached hydrogens (primary N) is 1. The van der Waals surface area contributed by atoms with E-state index in [0.29, 0.717) is 22.8 Å². The zero-order valence-corrected chi connectivity index (χ0v) is 12.2. The molecule has 1 fully saturated rings. The Morgan fingerprint density at radius 2 is 2.09 bits per heavy atom. The maximum Gasteiger partial charge on any atom is 0.307 e. The molecule has 0 aliphatic heterocycles. The molecule has 1 aliphatic carbocycles. The molecule has 0 amide bonds. The van der Waals surface area contributed by atoms with Crippen LogP contribution >= 0.6 is 0 Å². The lowest BCUT2D eigenvalue weighted by molar-refractivity contribution is -0.136. The number of hydrogen-bond donors (Lipinski definition) is 2. The van der Waals surface area contributed by atoms with Gasteiger partial charge in [-0.1, -0.05) is 24.3 Å². The molecule has 0 saturated heterocycles.